The van der Waals surface area contributed by atoms with Gasteiger partial charge in [-0.15, -0.1) is 0 Å². The van der Waals surface area contributed by atoms with Crippen LogP contribution in [0, 0.1) is 5.92 Å². The predicted molar refractivity (Wildman–Crippen MR) is 88.5 cm³/mol. The topological polar surface area (TPSA) is 49.5 Å². The number of hydrogen-bond donors (Lipinski definition) is 2. The number of hydrogen-bond acceptors (Lipinski definition) is 3. The molecule has 0 aromatic heterocycles. The molecule has 0 aliphatic heterocycles. The van der Waals surface area contributed by atoms with E-state index in [4.69, 9.17) is 5.73 Å². The zero-order valence-electron chi connectivity index (χ0n) is 13.5. The molecule has 0 radical (unpaired) electrons. The lowest BCUT2D eigenvalue weighted by Crippen LogP contribution is -2.49. The zero-order valence-corrected chi connectivity index (χ0v) is 13.5. The van der Waals surface area contributed by atoms with Gasteiger partial charge in [0.15, 0.2) is 0 Å². The summed E-state index contributed by atoms with van der Waals surface area (Å²) in [5.41, 5.74) is 7.29. The highest BCUT2D eigenvalue weighted by Gasteiger charge is 2.30. The van der Waals surface area contributed by atoms with E-state index in [1.807, 2.05) is 12.1 Å². The molecule has 0 bridgehead atoms. The lowest BCUT2D eigenvalue weighted by atomic mass is 9.82. The molecule has 118 valence electrons. The van der Waals surface area contributed by atoms with Crippen molar-refractivity contribution in [2.45, 2.75) is 58.0 Å². The molecule has 0 saturated heterocycles. The number of phenols is 1. The Morgan fingerprint density at radius 3 is 2.52 bits per heavy atom. The predicted octanol–water partition coefficient (Wildman–Crippen LogP) is 3.16. The molecule has 1 fully saturated rings. The minimum atomic E-state index is 0.342. The molecule has 3 nitrogen and oxygen atoms in total. The van der Waals surface area contributed by atoms with Crippen molar-refractivity contribution < 1.29 is 5.11 Å². The maximum absolute atomic E-state index is 9.39. The molecule has 1 aliphatic carbocycles. The smallest absolute Gasteiger partial charge is 0.115 e. The first-order chi connectivity index (χ1) is 10.2. The molecule has 1 aromatic rings. The van der Waals surface area contributed by atoms with E-state index >= 15 is 0 Å². The molecule has 0 spiro atoms. The second kappa shape index (κ2) is 7.81. The largest absolute Gasteiger partial charge is 0.508 e. The first-order valence-electron chi connectivity index (χ1n) is 8.39. The third kappa shape index (κ3) is 4.21. The molecule has 2 rings (SSSR count). The Balaban J connectivity index is 2.03. The van der Waals surface area contributed by atoms with E-state index < -0.39 is 0 Å². The van der Waals surface area contributed by atoms with Crippen LogP contribution in [0.4, 0.5) is 0 Å². The molecule has 1 saturated carbocycles. The molecule has 21 heavy (non-hydrogen) atoms. The second-order valence-corrected chi connectivity index (χ2v) is 6.40. The molecular weight excluding hydrogens is 260 g/mol. The molecule has 0 heterocycles. The summed E-state index contributed by atoms with van der Waals surface area (Å²) in [6.07, 6.45) is 6.27. The average Bonchev–Trinajstić information content (AvgIpc) is 2.51. The van der Waals surface area contributed by atoms with Crippen LogP contribution in [0.3, 0.4) is 0 Å². The number of nitrogens with zero attached hydrogens (tertiary/aromatic N) is 1. The van der Waals surface area contributed by atoms with Gasteiger partial charge in [0.05, 0.1) is 0 Å². The third-order valence-electron chi connectivity index (χ3n) is 5.00. The van der Waals surface area contributed by atoms with Gasteiger partial charge in [0.25, 0.3) is 0 Å². The summed E-state index contributed by atoms with van der Waals surface area (Å²) in [5, 5.41) is 9.39. The quantitative estimate of drug-likeness (QED) is 0.846. The summed E-state index contributed by atoms with van der Waals surface area (Å²) in [5.74, 6) is 0.996. The highest BCUT2D eigenvalue weighted by atomic mass is 16.3. The number of nitrogens with two attached hydrogens (primary N) is 1. The number of benzene rings is 1. The lowest BCUT2D eigenvalue weighted by Gasteiger charge is -2.42. The normalized spacial score (nSPS) is 24.2. The van der Waals surface area contributed by atoms with E-state index in [-0.39, 0.29) is 0 Å². The van der Waals surface area contributed by atoms with Crippen LogP contribution in [0.1, 0.15) is 45.1 Å². The maximum Gasteiger partial charge on any atom is 0.115 e. The minimum absolute atomic E-state index is 0.342. The Morgan fingerprint density at radius 1 is 1.24 bits per heavy atom. The number of rotatable bonds is 6. The first-order valence-corrected chi connectivity index (χ1v) is 8.39. The van der Waals surface area contributed by atoms with Crippen LogP contribution in [0.15, 0.2) is 24.3 Å². The Hall–Kier alpha value is -1.06. The van der Waals surface area contributed by atoms with Crippen molar-refractivity contribution in [3.63, 3.8) is 0 Å². The fourth-order valence-corrected chi connectivity index (χ4v) is 3.86. The lowest BCUT2D eigenvalue weighted by molar-refractivity contribution is 0.0771. The van der Waals surface area contributed by atoms with Gasteiger partial charge >= 0.3 is 0 Å². The molecular formula is C18H30N2O. The van der Waals surface area contributed by atoms with Gasteiger partial charge in [-0.1, -0.05) is 31.9 Å². The van der Waals surface area contributed by atoms with E-state index in [0.29, 0.717) is 23.8 Å². The van der Waals surface area contributed by atoms with E-state index in [1.165, 1.54) is 31.2 Å². The summed E-state index contributed by atoms with van der Waals surface area (Å²) in [7, 11) is 0. The number of aromatic hydroxyl groups is 1. The van der Waals surface area contributed by atoms with E-state index in [2.05, 4.69) is 18.7 Å². The molecule has 1 aliphatic rings. The van der Waals surface area contributed by atoms with Crippen molar-refractivity contribution in [2.24, 2.45) is 11.7 Å². The van der Waals surface area contributed by atoms with Crippen molar-refractivity contribution in [3.05, 3.63) is 29.8 Å². The molecule has 1 aromatic carbocycles. The maximum atomic E-state index is 9.39. The van der Waals surface area contributed by atoms with Gasteiger partial charge < -0.3 is 10.8 Å². The summed E-state index contributed by atoms with van der Waals surface area (Å²) in [4.78, 5) is 2.64. The van der Waals surface area contributed by atoms with Crippen molar-refractivity contribution >= 4 is 0 Å². The Bertz CT molecular complexity index is 418. The van der Waals surface area contributed by atoms with Gasteiger partial charge in [-0.25, -0.2) is 0 Å². The molecule has 3 unspecified atom stereocenters. The molecule has 3 atom stereocenters. The van der Waals surface area contributed by atoms with Gasteiger partial charge in [-0.05, 0) is 62.9 Å². The molecule has 3 N–H and O–H groups in total. The Kier molecular flexibility index (Phi) is 6.07. The summed E-state index contributed by atoms with van der Waals surface area (Å²) in [6.45, 7) is 6.47. The zero-order chi connectivity index (χ0) is 15.2. The van der Waals surface area contributed by atoms with Crippen LogP contribution in [0.2, 0.25) is 0 Å². The minimum Gasteiger partial charge on any atom is -0.508 e. The van der Waals surface area contributed by atoms with E-state index in [1.54, 1.807) is 12.1 Å². The van der Waals surface area contributed by atoms with Crippen LogP contribution < -0.4 is 5.73 Å². The average molecular weight is 290 g/mol. The van der Waals surface area contributed by atoms with Crippen LogP contribution in [-0.4, -0.2) is 35.2 Å². The highest BCUT2D eigenvalue weighted by Crippen LogP contribution is 2.29. The van der Waals surface area contributed by atoms with Crippen LogP contribution in [-0.2, 0) is 6.42 Å². The molecule has 3 heteroatoms. The van der Waals surface area contributed by atoms with Gasteiger partial charge in [-0.3, -0.25) is 4.90 Å². The fourth-order valence-electron chi connectivity index (χ4n) is 3.86. The standard InChI is InChI=1S/C18H30N2O/c1-3-20(18-7-5-4-6-16(18)13-19)14(2)12-15-8-10-17(21)11-9-15/h8-11,14,16,18,21H,3-7,12-13,19H2,1-2H3. The first kappa shape index (κ1) is 16.3. The van der Waals surface area contributed by atoms with Crippen LogP contribution in [0.25, 0.3) is 0 Å². The van der Waals surface area contributed by atoms with E-state index in [9.17, 15) is 5.11 Å². The van der Waals surface area contributed by atoms with Gasteiger partial charge in [0.1, 0.15) is 5.75 Å². The van der Waals surface area contributed by atoms with Gasteiger partial charge in [0, 0.05) is 12.1 Å². The molecule has 0 amide bonds. The van der Waals surface area contributed by atoms with Crippen molar-refractivity contribution in [1.82, 2.24) is 4.90 Å². The van der Waals surface area contributed by atoms with Gasteiger partial charge in [-0.2, -0.15) is 0 Å². The number of likely N-dealkylation sites (N-methyl/N-ethyl adjacent to an activating group) is 1. The number of phenolic OH excluding ortho intramolecular Hbond substituents is 1. The Morgan fingerprint density at radius 2 is 1.90 bits per heavy atom. The van der Waals surface area contributed by atoms with Crippen molar-refractivity contribution in [3.8, 4) is 5.75 Å². The second-order valence-electron chi connectivity index (χ2n) is 6.40. The highest BCUT2D eigenvalue weighted by molar-refractivity contribution is 5.26. The summed E-state index contributed by atoms with van der Waals surface area (Å²) in [6, 6.07) is 8.77. The SMILES string of the molecule is CCN(C(C)Cc1ccc(O)cc1)C1CCCCC1CN. The van der Waals surface area contributed by atoms with Crippen molar-refractivity contribution in [1.29, 1.82) is 0 Å². The van der Waals surface area contributed by atoms with E-state index in [0.717, 1.165) is 19.5 Å². The van der Waals surface area contributed by atoms with Gasteiger partial charge in [0.2, 0.25) is 0 Å². The fraction of sp³-hybridized carbons (Fsp3) is 0.667. The summed E-state index contributed by atoms with van der Waals surface area (Å²) >= 11 is 0. The summed E-state index contributed by atoms with van der Waals surface area (Å²) < 4.78 is 0. The van der Waals surface area contributed by atoms with Crippen LogP contribution >= 0.6 is 0 Å². The monoisotopic (exact) mass is 290 g/mol. The third-order valence-corrected chi connectivity index (χ3v) is 5.00. The van der Waals surface area contributed by atoms with Crippen molar-refractivity contribution in [2.75, 3.05) is 13.1 Å². The van der Waals surface area contributed by atoms with Crippen LogP contribution in [0.5, 0.6) is 5.75 Å². The Labute approximate surface area is 129 Å².